The summed E-state index contributed by atoms with van der Waals surface area (Å²) in [5.74, 6) is 0. The van der Waals surface area contributed by atoms with Crippen LogP contribution < -0.4 is 36.8 Å². The standard InChI is InChI=1S/C11H18N.2C10H16N.2C9H14N.C6H8N.2BF3.4F6P.2FH/c1-2-3-4-6-9-12-10-7-5-8-11-12;2*1-3-4-7-11-8-5-10(2)6-9-11;2*1-2-3-7-10-8-5-4-6-9-10;1-7-5-3-2-4-6-7;2*2-1(3)4;4*1-7(2,3,4,5)6;;/h5,7-8,10-11H,2-4,6,9H2,1H3;2*5-6,8-9H,3-4,7H2,1-2H3;2*4-6,8-9H,2-3,7H2,1H3;2-6H,1H3;;;;;;;2*1H/q6*+1;;;4*-1;;/p-2. The molecule has 6 nitrogen and oxygen atoms in total. The van der Waals surface area contributed by atoms with E-state index >= 15 is 0 Å². The van der Waals surface area contributed by atoms with E-state index in [4.69, 9.17) is 0 Å². The third kappa shape index (κ3) is 161. The van der Waals surface area contributed by atoms with Crippen molar-refractivity contribution in [3.8, 4) is 0 Å². The predicted molar refractivity (Wildman–Crippen MR) is 326 cm³/mol. The first kappa shape index (κ1) is 109. The molecule has 0 aliphatic rings. The van der Waals surface area contributed by atoms with Gasteiger partial charge in [0.25, 0.3) is 0 Å². The Morgan fingerprint density at radius 3 is 0.556 bits per heavy atom. The Morgan fingerprint density at radius 2 is 0.404 bits per heavy atom. The maximum absolute atomic E-state index is 10.7. The van der Waals surface area contributed by atoms with Gasteiger partial charge in [-0.15, -0.1) is 0 Å². The van der Waals surface area contributed by atoms with Gasteiger partial charge in [-0.05, 0) is 31.4 Å². The molecule has 0 amide bonds. The van der Waals surface area contributed by atoms with Gasteiger partial charge in [-0.2, -0.15) is 0 Å². The molecule has 0 aliphatic carbocycles. The van der Waals surface area contributed by atoms with Gasteiger partial charge in [0.05, 0.1) is 0 Å². The number of pyridine rings is 6. The molecule has 0 fully saturated rings. The van der Waals surface area contributed by atoms with Gasteiger partial charge >= 0.3 is 147 Å². The van der Waals surface area contributed by atoms with Crippen LogP contribution in [0.25, 0.3) is 0 Å². The molecule has 586 valence electrons. The van der Waals surface area contributed by atoms with Crippen molar-refractivity contribution in [3.63, 3.8) is 0 Å². The molecular weight excluding hydrogens is 1500 g/mol. The third-order valence-corrected chi connectivity index (χ3v) is 9.66. The van der Waals surface area contributed by atoms with Crippen molar-refractivity contribution < 1.29 is 163 Å². The van der Waals surface area contributed by atoms with Gasteiger partial charge < -0.3 is 9.41 Å². The maximum Gasteiger partial charge on any atom is -1.00 e. The molecule has 0 radical (unpaired) electrons. The van der Waals surface area contributed by atoms with Crippen LogP contribution in [-0.4, -0.2) is 15.1 Å². The molecule has 0 saturated carbocycles. The third-order valence-electron chi connectivity index (χ3n) is 9.66. The number of aryl methyl sites for hydroxylation is 8. The van der Waals surface area contributed by atoms with Crippen LogP contribution in [0.5, 0.6) is 0 Å². The van der Waals surface area contributed by atoms with Crippen LogP contribution >= 0.6 is 31.2 Å². The van der Waals surface area contributed by atoms with Crippen molar-refractivity contribution >= 4 is 46.3 Å². The molecule has 6 aromatic heterocycles. The largest absolute Gasteiger partial charge is 1.00 e. The first-order valence-electron chi connectivity index (χ1n) is 28.8. The van der Waals surface area contributed by atoms with Crippen LogP contribution in [-0.2, 0) is 39.8 Å². The topological polar surface area (TPSA) is 23.3 Å². The van der Waals surface area contributed by atoms with E-state index in [0.717, 1.165) is 26.2 Å². The molecule has 99 heavy (non-hydrogen) atoms. The van der Waals surface area contributed by atoms with E-state index in [1.807, 2.05) is 54.3 Å². The molecule has 0 spiro atoms. The van der Waals surface area contributed by atoms with Crippen LogP contribution in [0.2, 0.25) is 0 Å². The number of aromatic nitrogens is 6. The monoisotopic (exact) mass is 1580 g/mol. The zero-order valence-corrected chi connectivity index (χ0v) is 58.5. The molecule has 0 saturated heterocycles. The Labute approximate surface area is 556 Å². The van der Waals surface area contributed by atoms with Crippen LogP contribution in [0.3, 0.4) is 0 Å². The summed E-state index contributed by atoms with van der Waals surface area (Å²) >= 11 is 0. The number of halogens is 32. The Hall–Kier alpha value is -5.49. The van der Waals surface area contributed by atoms with Crippen LogP contribution in [0.15, 0.2) is 171 Å². The number of rotatable bonds is 17. The summed E-state index contributed by atoms with van der Waals surface area (Å²) in [5, 5.41) is 0. The molecule has 0 aromatic carbocycles. The van der Waals surface area contributed by atoms with Crippen LogP contribution in [0.4, 0.5) is 127 Å². The first-order chi connectivity index (χ1) is 43.1. The Kier molecular flexibility index (Phi) is 51.1. The van der Waals surface area contributed by atoms with Gasteiger partial charge in [-0.1, -0.05) is 97.4 Å². The average molecular weight is 1580 g/mol. The summed E-state index contributed by atoms with van der Waals surface area (Å²) in [5.41, 5.74) is 2.66. The number of hydrogen-bond donors (Lipinski definition) is 0. The molecular formula is C55H86B2F32N6P4. The molecule has 0 aliphatic heterocycles. The summed E-state index contributed by atoms with van der Waals surface area (Å²) in [6, 6.07) is 33.2. The normalized spacial score (nSPS) is 13.1. The Balaban J connectivity index is -0.000000154. The predicted octanol–water partition coefficient (Wildman–Crippen LogP) is 20.1. The molecule has 0 atom stereocenters. The fourth-order valence-corrected chi connectivity index (χ4v) is 5.68. The maximum atomic E-state index is 9.87. The molecule has 0 N–H and O–H groups in total. The van der Waals surface area contributed by atoms with Crippen molar-refractivity contribution in [1.29, 1.82) is 0 Å². The van der Waals surface area contributed by atoms with Crippen molar-refractivity contribution in [2.24, 2.45) is 7.05 Å². The summed E-state index contributed by atoms with van der Waals surface area (Å²) in [4.78, 5) is 0. The van der Waals surface area contributed by atoms with E-state index in [0.29, 0.717) is 0 Å². The second-order valence-electron chi connectivity index (χ2n) is 19.9. The number of hydrogen-bond acceptors (Lipinski definition) is 0. The number of nitrogens with zero attached hydrogens (tertiary/aromatic N) is 6. The van der Waals surface area contributed by atoms with E-state index in [-0.39, 0.29) is 9.41 Å². The zero-order valence-electron chi connectivity index (χ0n) is 54.9. The molecule has 0 unspecified atom stereocenters. The van der Waals surface area contributed by atoms with Gasteiger partial charge in [0.2, 0.25) is 0 Å². The minimum absolute atomic E-state index is 0. The van der Waals surface area contributed by atoms with E-state index in [1.54, 1.807) is 0 Å². The molecule has 0 bridgehead atoms. The average Bonchev–Trinajstić information content (AvgIpc) is 0.816. The Morgan fingerprint density at radius 1 is 0.253 bits per heavy atom. The van der Waals surface area contributed by atoms with Gasteiger partial charge in [0.1, 0.15) is 39.8 Å². The zero-order chi connectivity index (χ0) is 77.2. The van der Waals surface area contributed by atoms with Gasteiger partial charge in [0.15, 0.2) is 74.4 Å². The van der Waals surface area contributed by atoms with E-state index in [1.165, 1.54) is 94.7 Å². The fourth-order valence-electron chi connectivity index (χ4n) is 5.68. The second-order valence-corrected chi connectivity index (χ2v) is 27.6. The van der Waals surface area contributed by atoms with Gasteiger partial charge in [-0.3, -0.25) is 25.9 Å². The molecule has 44 heteroatoms. The molecule has 6 rings (SSSR count). The smallest absolute Gasteiger partial charge is 1.00 e. The quantitative estimate of drug-likeness (QED) is 0.0286. The second kappa shape index (κ2) is 46.2. The van der Waals surface area contributed by atoms with E-state index < -0.39 is 46.3 Å². The molecule has 6 heterocycles. The summed E-state index contributed by atoms with van der Waals surface area (Å²) in [6.45, 7) is 21.1. The minimum atomic E-state index is -10.7. The van der Waals surface area contributed by atoms with Gasteiger partial charge in [0, 0.05) is 105 Å². The summed E-state index contributed by atoms with van der Waals surface area (Å²) < 4.78 is 308. The van der Waals surface area contributed by atoms with Crippen molar-refractivity contribution in [2.45, 2.75) is 158 Å². The summed E-state index contributed by atoms with van der Waals surface area (Å²) in [7, 11) is -48.0. The SMILES string of the molecule is CCCCCC[n+]1ccccc1.CCCC[n+]1ccc(C)cc1.CCCC[n+]1ccc(C)cc1.CCCC[n+]1ccccc1.CCCC[n+]1ccccc1.C[n+]1ccccc1.FB(F)F.FB(F)F.F[P-](F)(F)(F)(F)F.F[P-](F)(F)(F)(F)F.F[P-](F)(F)(F)(F)F.F[P-](F)(F)(F)(F)F.[F-].[F-]. The fraction of sp³-hybridized carbons (Fsp3) is 0.455. The molecule has 6 aromatic rings. The van der Waals surface area contributed by atoms with Crippen molar-refractivity contribution in [3.05, 3.63) is 183 Å². The van der Waals surface area contributed by atoms with E-state index in [2.05, 4.69) is 200 Å². The number of unbranched alkanes of at least 4 members (excludes halogenated alkanes) is 7. The van der Waals surface area contributed by atoms with Crippen molar-refractivity contribution in [2.75, 3.05) is 0 Å². The van der Waals surface area contributed by atoms with Crippen LogP contribution in [0.1, 0.15) is 123 Å². The minimum Gasteiger partial charge on any atom is -1.00 e. The summed E-state index contributed by atoms with van der Waals surface area (Å²) in [6.07, 6.45) is 40.8. The van der Waals surface area contributed by atoms with Gasteiger partial charge in [-0.25, -0.2) is 27.4 Å². The van der Waals surface area contributed by atoms with E-state index in [9.17, 15) is 127 Å². The Bertz CT molecular complexity index is 2590. The van der Waals surface area contributed by atoms with Crippen LogP contribution in [0, 0.1) is 13.8 Å². The van der Waals surface area contributed by atoms with Crippen molar-refractivity contribution in [1.82, 2.24) is 0 Å². The first-order valence-corrected chi connectivity index (χ1v) is 37.0.